The molecule has 2 aromatic carbocycles. The van der Waals surface area contributed by atoms with Crippen molar-refractivity contribution in [3.8, 4) is 0 Å². The molecular weight excluding hydrogens is 319 g/mol. The molecule has 0 unspecified atom stereocenters. The molecule has 2 aromatic rings. The van der Waals surface area contributed by atoms with E-state index < -0.39 is 0 Å². The summed E-state index contributed by atoms with van der Waals surface area (Å²) in [5, 5.41) is 7.34. The quantitative estimate of drug-likeness (QED) is 0.838. The minimum absolute atomic E-state index is 0.0140. The molecule has 2 rings (SSSR count). The topological polar surface area (TPSA) is 41.1 Å². The molecule has 116 valence electrons. The molecule has 0 spiro atoms. The van der Waals surface area contributed by atoms with Crippen molar-refractivity contribution in [1.82, 2.24) is 5.32 Å². The van der Waals surface area contributed by atoms with Gasteiger partial charge in [-0.05, 0) is 43.2 Å². The molecule has 0 fully saturated rings. The fourth-order valence-corrected chi connectivity index (χ4v) is 2.59. The van der Waals surface area contributed by atoms with E-state index in [4.69, 9.17) is 23.2 Å². The Kier molecular flexibility index (Phi) is 5.83. The van der Waals surface area contributed by atoms with Gasteiger partial charge in [-0.2, -0.15) is 0 Å². The average molecular weight is 337 g/mol. The van der Waals surface area contributed by atoms with Crippen LogP contribution in [-0.2, 0) is 4.79 Å². The maximum absolute atomic E-state index is 12.0. The summed E-state index contributed by atoms with van der Waals surface area (Å²) in [6.45, 7) is 4.04. The smallest absolute Gasteiger partial charge is 0.238 e. The van der Waals surface area contributed by atoms with E-state index in [-0.39, 0.29) is 18.5 Å². The molecule has 0 aliphatic heterocycles. The van der Waals surface area contributed by atoms with E-state index in [1.807, 2.05) is 50.2 Å². The third kappa shape index (κ3) is 4.23. The Balaban J connectivity index is 1.93. The summed E-state index contributed by atoms with van der Waals surface area (Å²) < 4.78 is 0. The van der Waals surface area contributed by atoms with Crippen molar-refractivity contribution in [2.75, 3.05) is 11.9 Å². The maximum atomic E-state index is 12.0. The molecular formula is C17H18Cl2N2O. The van der Waals surface area contributed by atoms with Gasteiger partial charge in [0.2, 0.25) is 5.91 Å². The second-order valence-corrected chi connectivity index (χ2v) is 5.90. The van der Waals surface area contributed by atoms with Crippen LogP contribution in [0.4, 0.5) is 5.69 Å². The van der Waals surface area contributed by atoms with Crippen LogP contribution in [-0.4, -0.2) is 12.5 Å². The summed E-state index contributed by atoms with van der Waals surface area (Å²) in [6.07, 6.45) is 0. The highest BCUT2D eigenvalue weighted by molar-refractivity contribution is 6.32. The van der Waals surface area contributed by atoms with Gasteiger partial charge in [0, 0.05) is 21.8 Å². The van der Waals surface area contributed by atoms with Crippen LogP contribution in [0.5, 0.6) is 0 Å². The maximum Gasteiger partial charge on any atom is 0.238 e. The molecule has 0 radical (unpaired) electrons. The predicted molar refractivity (Wildman–Crippen MR) is 92.7 cm³/mol. The van der Waals surface area contributed by atoms with Crippen molar-refractivity contribution in [3.05, 3.63) is 63.6 Å². The first-order chi connectivity index (χ1) is 10.5. The van der Waals surface area contributed by atoms with E-state index >= 15 is 0 Å². The third-order valence-corrected chi connectivity index (χ3v) is 4.24. The van der Waals surface area contributed by atoms with Gasteiger partial charge in [-0.25, -0.2) is 0 Å². The Morgan fingerprint density at radius 1 is 1.09 bits per heavy atom. The number of carbonyl (C=O) groups is 1. The zero-order chi connectivity index (χ0) is 16.1. The number of carbonyl (C=O) groups excluding carboxylic acids is 1. The highest BCUT2D eigenvalue weighted by atomic mass is 35.5. The summed E-state index contributed by atoms with van der Waals surface area (Å²) in [4.78, 5) is 12.0. The van der Waals surface area contributed by atoms with Crippen molar-refractivity contribution >= 4 is 34.8 Å². The van der Waals surface area contributed by atoms with Gasteiger partial charge in [-0.15, -0.1) is 0 Å². The fourth-order valence-electron chi connectivity index (χ4n) is 2.12. The normalized spacial score (nSPS) is 12.0. The minimum Gasteiger partial charge on any atom is -0.325 e. The third-order valence-electron chi connectivity index (χ3n) is 3.48. The van der Waals surface area contributed by atoms with Crippen LogP contribution in [0.15, 0.2) is 42.5 Å². The van der Waals surface area contributed by atoms with E-state index in [1.54, 1.807) is 6.07 Å². The zero-order valence-corrected chi connectivity index (χ0v) is 14.0. The minimum atomic E-state index is -0.121. The molecule has 0 heterocycles. The highest BCUT2D eigenvalue weighted by Crippen LogP contribution is 2.23. The molecule has 22 heavy (non-hydrogen) atoms. The lowest BCUT2D eigenvalue weighted by atomic mass is 10.1. The van der Waals surface area contributed by atoms with Gasteiger partial charge in [0.05, 0.1) is 6.54 Å². The molecule has 0 aliphatic carbocycles. The number of hydrogen-bond donors (Lipinski definition) is 2. The second-order valence-electron chi connectivity index (χ2n) is 5.08. The first-order valence-corrected chi connectivity index (χ1v) is 7.77. The highest BCUT2D eigenvalue weighted by Gasteiger charge is 2.11. The molecule has 0 saturated heterocycles. The molecule has 3 nitrogen and oxygen atoms in total. The van der Waals surface area contributed by atoms with Crippen LogP contribution in [0, 0.1) is 6.92 Å². The van der Waals surface area contributed by atoms with Crippen molar-refractivity contribution < 1.29 is 4.79 Å². The first-order valence-electron chi connectivity index (χ1n) is 7.02. The Hall–Kier alpha value is -1.55. The molecule has 1 atom stereocenters. The summed E-state index contributed by atoms with van der Waals surface area (Å²) in [5.74, 6) is -0.121. The number of rotatable bonds is 5. The lowest BCUT2D eigenvalue weighted by Crippen LogP contribution is -2.30. The first kappa shape index (κ1) is 16.8. The van der Waals surface area contributed by atoms with Crippen molar-refractivity contribution in [2.45, 2.75) is 19.9 Å². The van der Waals surface area contributed by atoms with Gasteiger partial charge >= 0.3 is 0 Å². The van der Waals surface area contributed by atoms with Crippen molar-refractivity contribution in [3.63, 3.8) is 0 Å². The van der Waals surface area contributed by atoms with Gasteiger partial charge in [0.25, 0.3) is 0 Å². The Labute approximate surface area is 140 Å². The molecule has 0 bridgehead atoms. The molecule has 0 aliphatic rings. The summed E-state index contributed by atoms with van der Waals surface area (Å²) in [6, 6.07) is 13.0. The van der Waals surface area contributed by atoms with Crippen molar-refractivity contribution in [2.24, 2.45) is 0 Å². The van der Waals surface area contributed by atoms with Gasteiger partial charge in [-0.3, -0.25) is 4.79 Å². The number of nitrogens with one attached hydrogen (secondary N) is 2. The molecule has 0 aromatic heterocycles. The molecule has 1 amide bonds. The van der Waals surface area contributed by atoms with Crippen LogP contribution in [0.25, 0.3) is 0 Å². The lowest BCUT2D eigenvalue weighted by molar-refractivity contribution is -0.115. The number of anilines is 1. The van der Waals surface area contributed by atoms with E-state index in [2.05, 4.69) is 10.6 Å². The molecule has 2 N–H and O–H groups in total. The summed E-state index contributed by atoms with van der Waals surface area (Å²) in [5.41, 5.74) is 2.55. The van der Waals surface area contributed by atoms with Gasteiger partial charge < -0.3 is 10.6 Å². The van der Waals surface area contributed by atoms with Gasteiger partial charge in [0.15, 0.2) is 0 Å². The fraction of sp³-hybridized carbons (Fsp3) is 0.235. The van der Waals surface area contributed by atoms with Crippen LogP contribution < -0.4 is 10.6 Å². The van der Waals surface area contributed by atoms with Gasteiger partial charge in [-0.1, -0.05) is 47.5 Å². The van der Waals surface area contributed by atoms with E-state index in [9.17, 15) is 4.79 Å². The molecule has 0 saturated carbocycles. The van der Waals surface area contributed by atoms with Crippen LogP contribution in [0.3, 0.4) is 0 Å². The Morgan fingerprint density at radius 3 is 2.50 bits per heavy atom. The van der Waals surface area contributed by atoms with E-state index in [0.29, 0.717) is 10.0 Å². The lowest BCUT2D eigenvalue weighted by Gasteiger charge is -2.16. The van der Waals surface area contributed by atoms with Crippen molar-refractivity contribution in [1.29, 1.82) is 0 Å². The number of hydrogen-bond acceptors (Lipinski definition) is 2. The number of benzene rings is 2. The summed E-state index contributed by atoms with van der Waals surface area (Å²) >= 11 is 12.2. The zero-order valence-electron chi connectivity index (χ0n) is 12.5. The van der Waals surface area contributed by atoms with E-state index in [1.165, 1.54) is 0 Å². The second kappa shape index (κ2) is 7.63. The van der Waals surface area contributed by atoms with E-state index in [0.717, 1.165) is 16.8 Å². The SMILES string of the molecule is Cc1c(Cl)cccc1NC(=O)CN[C@@H](C)c1ccccc1Cl. The monoisotopic (exact) mass is 336 g/mol. The Bertz CT molecular complexity index is 673. The van der Waals surface area contributed by atoms with Crippen LogP contribution >= 0.6 is 23.2 Å². The van der Waals surface area contributed by atoms with Gasteiger partial charge in [0.1, 0.15) is 0 Å². The predicted octanol–water partition coefficient (Wildman–Crippen LogP) is 4.59. The summed E-state index contributed by atoms with van der Waals surface area (Å²) in [7, 11) is 0. The standard InChI is InChI=1S/C17H18Cl2N2O/c1-11-14(18)8-5-9-16(11)21-17(22)10-20-12(2)13-6-3-4-7-15(13)19/h3-9,12,20H,10H2,1-2H3,(H,21,22)/t12-/m0/s1. The number of halogens is 2. The average Bonchev–Trinajstić information content (AvgIpc) is 2.50. The largest absolute Gasteiger partial charge is 0.325 e. The Morgan fingerprint density at radius 2 is 1.77 bits per heavy atom. The number of amides is 1. The molecule has 5 heteroatoms. The van der Waals surface area contributed by atoms with Crippen LogP contribution in [0.2, 0.25) is 10.0 Å². The van der Waals surface area contributed by atoms with Crippen LogP contribution in [0.1, 0.15) is 24.1 Å².